The van der Waals surface area contributed by atoms with Crippen LogP contribution in [0, 0.1) is 0 Å². The Morgan fingerprint density at radius 1 is 1.04 bits per heavy atom. The van der Waals surface area contributed by atoms with Gasteiger partial charge in [-0.3, -0.25) is 10.1 Å². The Morgan fingerprint density at radius 3 is 2.56 bits per heavy atom. The molecule has 0 aliphatic heterocycles. The van der Waals surface area contributed by atoms with Crippen LogP contribution in [0.3, 0.4) is 0 Å². The molecule has 0 unspecified atom stereocenters. The van der Waals surface area contributed by atoms with Gasteiger partial charge in [0.05, 0.1) is 26.0 Å². The molecule has 0 saturated carbocycles. The third kappa shape index (κ3) is 5.21. The maximum atomic E-state index is 12.3. The summed E-state index contributed by atoms with van der Waals surface area (Å²) in [7, 11) is 1.65. The summed E-state index contributed by atoms with van der Waals surface area (Å²) in [6.45, 7) is 0.754. The second-order valence-corrected chi connectivity index (χ2v) is 6.15. The number of hydrogen-bond donors (Lipinski definition) is 2. The van der Waals surface area contributed by atoms with Gasteiger partial charge in [-0.05, 0) is 35.7 Å². The minimum atomic E-state index is -0.166. The topological polar surface area (TPSA) is 63.5 Å². The van der Waals surface area contributed by atoms with Crippen LogP contribution in [-0.4, -0.2) is 26.1 Å². The molecule has 0 aliphatic carbocycles. The molecule has 1 amide bonds. The lowest BCUT2D eigenvalue weighted by Gasteiger charge is -2.17. The first kappa shape index (κ1) is 18.7. The van der Waals surface area contributed by atoms with Crippen molar-refractivity contribution in [3.8, 4) is 5.75 Å². The van der Waals surface area contributed by atoms with Crippen molar-refractivity contribution in [2.75, 3.05) is 20.2 Å². The van der Waals surface area contributed by atoms with E-state index < -0.39 is 0 Å². The first-order valence-corrected chi connectivity index (χ1v) is 8.98. The van der Waals surface area contributed by atoms with Crippen LogP contribution in [0.5, 0.6) is 5.75 Å². The number of carbonyl (C=O) groups is 1. The Morgan fingerprint density at radius 2 is 1.81 bits per heavy atom. The van der Waals surface area contributed by atoms with E-state index in [2.05, 4.69) is 10.6 Å². The van der Waals surface area contributed by atoms with Crippen LogP contribution in [0.25, 0.3) is 0 Å². The summed E-state index contributed by atoms with van der Waals surface area (Å²) >= 11 is 0. The molecular weight excluding hydrogens is 340 g/mol. The maximum absolute atomic E-state index is 12.3. The van der Waals surface area contributed by atoms with E-state index in [1.165, 1.54) is 0 Å². The molecule has 3 aromatic rings. The third-order valence-electron chi connectivity index (χ3n) is 4.34. The van der Waals surface area contributed by atoms with Crippen molar-refractivity contribution < 1.29 is 13.9 Å². The summed E-state index contributed by atoms with van der Waals surface area (Å²) < 4.78 is 10.9. The maximum Gasteiger partial charge on any atom is 0.233 e. The van der Waals surface area contributed by atoms with Crippen molar-refractivity contribution in [1.82, 2.24) is 10.6 Å². The fourth-order valence-electron chi connectivity index (χ4n) is 2.99. The molecule has 140 valence electrons. The van der Waals surface area contributed by atoms with Crippen LogP contribution in [-0.2, 0) is 11.2 Å². The Kier molecular flexibility index (Phi) is 6.66. The van der Waals surface area contributed by atoms with Crippen molar-refractivity contribution >= 4 is 5.91 Å². The molecule has 2 aromatic carbocycles. The normalized spacial score (nSPS) is 11.7. The van der Waals surface area contributed by atoms with Crippen LogP contribution in [0.4, 0.5) is 0 Å². The highest BCUT2D eigenvalue weighted by molar-refractivity contribution is 5.78. The summed E-state index contributed by atoms with van der Waals surface area (Å²) in [5.74, 6) is 1.56. The minimum Gasteiger partial charge on any atom is -0.496 e. The van der Waals surface area contributed by atoms with Crippen LogP contribution in [0.15, 0.2) is 77.4 Å². The molecule has 2 N–H and O–H groups in total. The molecule has 0 radical (unpaired) electrons. The van der Waals surface area contributed by atoms with Gasteiger partial charge in [0, 0.05) is 6.54 Å². The van der Waals surface area contributed by atoms with E-state index in [0.717, 1.165) is 29.1 Å². The molecule has 1 aromatic heterocycles. The molecule has 27 heavy (non-hydrogen) atoms. The predicted molar refractivity (Wildman–Crippen MR) is 105 cm³/mol. The predicted octanol–water partition coefficient (Wildman–Crippen LogP) is 3.33. The number of methoxy groups -OCH3 is 1. The van der Waals surface area contributed by atoms with Gasteiger partial charge in [-0.15, -0.1) is 0 Å². The molecule has 0 bridgehead atoms. The van der Waals surface area contributed by atoms with Gasteiger partial charge in [0.25, 0.3) is 0 Å². The molecule has 0 fully saturated rings. The van der Waals surface area contributed by atoms with Gasteiger partial charge < -0.3 is 14.5 Å². The van der Waals surface area contributed by atoms with E-state index in [1.54, 1.807) is 13.4 Å². The fourth-order valence-corrected chi connectivity index (χ4v) is 2.99. The molecule has 0 spiro atoms. The van der Waals surface area contributed by atoms with Gasteiger partial charge in [-0.1, -0.05) is 48.5 Å². The van der Waals surface area contributed by atoms with Gasteiger partial charge in [-0.25, -0.2) is 0 Å². The van der Waals surface area contributed by atoms with Crippen molar-refractivity contribution in [3.63, 3.8) is 0 Å². The Hall–Kier alpha value is -3.05. The highest BCUT2D eigenvalue weighted by Gasteiger charge is 2.17. The average molecular weight is 364 g/mol. The molecular formula is C22H24N2O3. The lowest BCUT2D eigenvalue weighted by Crippen LogP contribution is -2.36. The van der Waals surface area contributed by atoms with E-state index in [0.29, 0.717) is 6.54 Å². The van der Waals surface area contributed by atoms with E-state index in [4.69, 9.17) is 9.15 Å². The Labute approximate surface area is 159 Å². The Bertz CT molecular complexity index is 832. The van der Waals surface area contributed by atoms with Crippen molar-refractivity contribution in [2.24, 2.45) is 0 Å². The highest BCUT2D eigenvalue weighted by atomic mass is 16.5. The summed E-state index contributed by atoms with van der Waals surface area (Å²) in [6.07, 6.45) is 2.36. The number of rotatable bonds is 9. The van der Waals surface area contributed by atoms with Crippen LogP contribution in [0.1, 0.15) is 22.9 Å². The third-order valence-corrected chi connectivity index (χ3v) is 4.34. The smallest absolute Gasteiger partial charge is 0.233 e. The second-order valence-electron chi connectivity index (χ2n) is 6.15. The lowest BCUT2D eigenvalue weighted by atomic mass is 10.0. The van der Waals surface area contributed by atoms with Crippen molar-refractivity contribution in [1.29, 1.82) is 0 Å². The Balaban J connectivity index is 1.52. The molecule has 1 atom stereocenters. The quantitative estimate of drug-likeness (QED) is 0.611. The molecule has 1 heterocycles. The SMILES string of the molecule is COc1ccccc1CCNC(=O)CN[C@@H](c1ccccc1)c1ccco1. The van der Waals surface area contributed by atoms with Crippen LogP contribution in [0.2, 0.25) is 0 Å². The zero-order chi connectivity index (χ0) is 18.9. The molecule has 0 aliphatic rings. The molecule has 3 rings (SSSR count). The summed E-state index contributed by atoms with van der Waals surface area (Å²) in [5.41, 5.74) is 2.13. The van der Waals surface area contributed by atoms with Crippen molar-refractivity contribution in [3.05, 3.63) is 89.9 Å². The van der Waals surface area contributed by atoms with Crippen molar-refractivity contribution in [2.45, 2.75) is 12.5 Å². The molecule has 5 nitrogen and oxygen atoms in total. The largest absolute Gasteiger partial charge is 0.496 e. The van der Waals surface area contributed by atoms with Gasteiger partial charge in [0.15, 0.2) is 0 Å². The number of ether oxygens (including phenoxy) is 1. The standard InChI is InChI=1S/C22H24N2O3/c1-26-19-11-6-5-8-17(19)13-14-23-21(25)16-24-22(20-12-7-15-27-20)18-9-3-2-4-10-18/h2-12,15,22,24H,13-14,16H2,1H3,(H,23,25)/t22-/m0/s1. The van der Waals surface area contributed by atoms with Crippen LogP contribution < -0.4 is 15.4 Å². The number of benzene rings is 2. The van der Waals surface area contributed by atoms with E-state index >= 15 is 0 Å². The molecule has 0 saturated heterocycles. The number of para-hydroxylation sites is 1. The van der Waals surface area contributed by atoms with Crippen LogP contribution >= 0.6 is 0 Å². The summed E-state index contributed by atoms with van der Waals surface area (Å²) in [5, 5.41) is 6.23. The summed E-state index contributed by atoms with van der Waals surface area (Å²) in [4.78, 5) is 12.3. The minimum absolute atomic E-state index is 0.0580. The molecule has 5 heteroatoms. The monoisotopic (exact) mass is 364 g/mol. The second kappa shape index (κ2) is 9.59. The van der Waals surface area contributed by atoms with Gasteiger partial charge in [-0.2, -0.15) is 0 Å². The lowest BCUT2D eigenvalue weighted by molar-refractivity contribution is -0.120. The highest BCUT2D eigenvalue weighted by Crippen LogP contribution is 2.22. The number of amides is 1. The first-order valence-electron chi connectivity index (χ1n) is 8.98. The van der Waals surface area contributed by atoms with Gasteiger partial charge in [0.2, 0.25) is 5.91 Å². The van der Waals surface area contributed by atoms with E-state index in [1.807, 2.05) is 66.7 Å². The summed E-state index contributed by atoms with van der Waals surface area (Å²) in [6, 6.07) is 21.4. The number of nitrogens with one attached hydrogen (secondary N) is 2. The van der Waals surface area contributed by atoms with E-state index in [9.17, 15) is 4.79 Å². The van der Waals surface area contributed by atoms with Gasteiger partial charge in [0.1, 0.15) is 11.5 Å². The number of carbonyl (C=O) groups excluding carboxylic acids is 1. The zero-order valence-electron chi connectivity index (χ0n) is 15.4. The average Bonchev–Trinajstić information content (AvgIpc) is 3.24. The fraction of sp³-hybridized carbons (Fsp3) is 0.227. The van der Waals surface area contributed by atoms with Gasteiger partial charge >= 0.3 is 0 Å². The first-order chi connectivity index (χ1) is 13.3. The van der Waals surface area contributed by atoms with E-state index in [-0.39, 0.29) is 18.5 Å². The zero-order valence-corrected chi connectivity index (χ0v) is 15.4. The number of hydrogen-bond acceptors (Lipinski definition) is 4. The number of furan rings is 1.